The number of ether oxygens (including phenoxy) is 1. The zero-order valence-electron chi connectivity index (χ0n) is 10.7. The number of benzene rings is 1. The Balaban J connectivity index is 1.82. The predicted molar refractivity (Wildman–Crippen MR) is 68.1 cm³/mol. The Bertz CT molecular complexity index is 384. The van der Waals surface area contributed by atoms with Crippen LogP contribution < -0.4 is 10.1 Å². The largest absolute Gasteiger partial charge is 0.435 e. The van der Waals surface area contributed by atoms with Crippen LogP contribution in [0.4, 0.5) is 8.78 Å². The Morgan fingerprint density at radius 2 is 2.00 bits per heavy atom. The number of hydrogen-bond acceptors (Lipinski definition) is 3. The van der Waals surface area contributed by atoms with E-state index in [0.29, 0.717) is 18.5 Å². The second-order valence-electron chi connectivity index (χ2n) is 4.88. The van der Waals surface area contributed by atoms with Crippen molar-refractivity contribution < 1.29 is 18.6 Å². The third kappa shape index (κ3) is 4.14. The SMILES string of the molecule is OCC1CCCC1NCc1ccc(OC(F)F)cc1. The number of alkyl halides is 2. The van der Waals surface area contributed by atoms with Gasteiger partial charge in [-0.3, -0.25) is 0 Å². The summed E-state index contributed by atoms with van der Waals surface area (Å²) in [5, 5.41) is 12.6. The molecule has 5 heteroatoms. The van der Waals surface area contributed by atoms with Crippen LogP contribution in [-0.2, 0) is 6.54 Å². The molecule has 0 heterocycles. The molecule has 19 heavy (non-hydrogen) atoms. The van der Waals surface area contributed by atoms with Crippen LogP contribution in [0.15, 0.2) is 24.3 Å². The van der Waals surface area contributed by atoms with Crippen molar-refractivity contribution >= 4 is 0 Å². The summed E-state index contributed by atoms with van der Waals surface area (Å²) in [6.07, 6.45) is 3.29. The first-order chi connectivity index (χ1) is 9.19. The number of halogens is 2. The van der Waals surface area contributed by atoms with E-state index >= 15 is 0 Å². The molecule has 2 unspecified atom stereocenters. The van der Waals surface area contributed by atoms with Crippen LogP contribution in [0.3, 0.4) is 0 Å². The summed E-state index contributed by atoms with van der Waals surface area (Å²) in [5.74, 6) is 0.509. The van der Waals surface area contributed by atoms with Crippen molar-refractivity contribution in [2.75, 3.05) is 6.61 Å². The highest BCUT2D eigenvalue weighted by atomic mass is 19.3. The first-order valence-electron chi connectivity index (χ1n) is 6.57. The summed E-state index contributed by atoms with van der Waals surface area (Å²) in [7, 11) is 0. The van der Waals surface area contributed by atoms with Gasteiger partial charge in [0.25, 0.3) is 0 Å². The molecule has 0 amide bonds. The highest BCUT2D eigenvalue weighted by molar-refractivity contribution is 5.27. The molecule has 3 nitrogen and oxygen atoms in total. The predicted octanol–water partition coefficient (Wildman–Crippen LogP) is 2.54. The number of aliphatic hydroxyl groups excluding tert-OH is 1. The minimum Gasteiger partial charge on any atom is -0.435 e. The molecule has 1 aromatic carbocycles. The zero-order chi connectivity index (χ0) is 13.7. The minimum absolute atomic E-state index is 0.174. The van der Waals surface area contributed by atoms with Gasteiger partial charge in [-0.1, -0.05) is 18.6 Å². The van der Waals surface area contributed by atoms with Crippen molar-refractivity contribution in [2.45, 2.75) is 38.5 Å². The van der Waals surface area contributed by atoms with Crippen molar-refractivity contribution in [2.24, 2.45) is 5.92 Å². The van der Waals surface area contributed by atoms with Crippen LogP contribution in [-0.4, -0.2) is 24.4 Å². The quantitative estimate of drug-likeness (QED) is 0.835. The van der Waals surface area contributed by atoms with Gasteiger partial charge in [-0.2, -0.15) is 8.78 Å². The second-order valence-corrected chi connectivity index (χ2v) is 4.88. The summed E-state index contributed by atoms with van der Waals surface area (Å²) in [6.45, 7) is -1.89. The number of hydrogen-bond donors (Lipinski definition) is 2. The van der Waals surface area contributed by atoms with Gasteiger partial charge in [-0.25, -0.2) is 0 Å². The topological polar surface area (TPSA) is 41.5 Å². The first-order valence-corrected chi connectivity index (χ1v) is 6.57. The average molecular weight is 271 g/mol. The van der Waals surface area contributed by atoms with Crippen LogP contribution in [0, 0.1) is 5.92 Å². The Morgan fingerprint density at radius 3 is 2.63 bits per heavy atom. The fourth-order valence-corrected chi connectivity index (χ4v) is 2.56. The molecule has 0 aliphatic heterocycles. The van der Waals surface area contributed by atoms with Gasteiger partial charge in [0.1, 0.15) is 5.75 Å². The van der Waals surface area contributed by atoms with E-state index in [9.17, 15) is 13.9 Å². The molecule has 0 aromatic heterocycles. The molecule has 0 spiro atoms. The maximum absolute atomic E-state index is 12.0. The average Bonchev–Trinajstić information content (AvgIpc) is 2.84. The molecule has 2 atom stereocenters. The van der Waals surface area contributed by atoms with E-state index in [-0.39, 0.29) is 12.4 Å². The highest BCUT2D eigenvalue weighted by Gasteiger charge is 2.25. The standard InChI is InChI=1S/C14H19F2NO2/c15-14(16)19-12-6-4-10(5-7-12)8-17-13-3-1-2-11(13)9-18/h4-7,11,13-14,17-18H,1-3,8-9H2. The van der Waals surface area contributed by atoms with Crippen molar-refractivity contribution in [1.29, 1.82) is 0 Å². The Labute approximate surface area is 111 Å². The third-order valence-electron chi connectivity index (χ3n) is 3.61. The van der Waals surface area contributed by atoms with Crippen LogP contribution in [0.2, 0.25) is 0 Å². The minimum atomic E-state index is -2.78. The van der Waals surface area contributed by atoms with Crippen LogP contribution in [0.5, 0.6) is 5.75 Å². The lowest BCUT2D eigenvalue weighted by molar-refractivity contribution is -0.0498. The van der Waals surface area contributed by atoms with E-state index < -0.39 is 6.61 Å². The smallest absolute Gasteiger partial charge is 0.387 e. The molecule has 2 rings (SSSR count). The van der Waals surface area contributed by atoms with E-state index in [4.69, 9.17) is 0 Å². The fourth-order valence-electron chi connectivity index (χ4n) is 2.56. The molecule has 2 N–H and O–H groups in total. The van der Waals surface area contributed by atoms with Crippen molar-refractivity contribution in [1.82, 2.24) is 5.32 Å². The third-order valence-corrected chi connectivity index (χ3v) is 3.61. The first kappa shape index (κ1) is 14.2. The van der Waals surface area contributed by atoms with E-state index in [1.807, 2.05) is 0 Å². The Kier molecular flexibility index (Phi) is 5.10. The van der Waals surface area contributed by atoms with Gasteiger partial charge in [0.2, 0.25) is 0 Å². The molecule has 0 bridgehead atoms. The van der Waals surface area contributed by atoms with Gasteiger partial charge < -0.3 is 15.2 Å². The van der Waals surface area contributed by atoms with E-state index in [0.717, 1.165) is 24.8 Å². The van der Waals surface area contributed by atoms with E-state index in [1.54, 1.807) is 24.3 Å². The summed E-state index contributed by atoms with van der Waals surface area (Å²) in [6, 6.07) is 6.98. The molecular formula is C14H19F2NO2. The van der Waals surface area contributed by atoms with Crippen molar-refractivity contribution in [3.05, 3.63) is 29.8 Å². The summed E-state index contributed by atoms with van der Waals surface area (Å²) in [4.78, 5) is 0. The molecule has 0 radical (unpaired) electrons. The second kappa shape index (κ2) is 6.82. The van der Waals surface area contributed by atoms with E-state index in [2.05, 4.69) is 10.1 Å². The van der Waals surface area contributed by atoms with Crippen molar-refractivity contribution in [3.63, 3.8) is 0 Å². The lowest BCUT2D eigenvalue weighted by atomic mass is 10.0. The molecule has 1 aliphatic rings. The molecular weight excluding hydrogens is 252 g/mol. The molecule has 106 valence electrons. The molecule has 1 fully saturated rings. The van der Waals surface area contributed by atoms with Gasteiger partial charge in [-0.05, 0) is 36.5 Å². The van der Waals surface area contributed by atoms with Crippen LogP contribution in [0.25, 0.3) is 0 Å². The maximum atomic E-state index is 12.0. The summed E-state index contributed by atoms with van der Waals surface area (Å²) >= 11 is 0. The van der Waals surface area contributed by atoms with Gasteiger partial charge in [-0.15, -0.1) is 0 Å². The van der Waals surface area contributed by atoms with Crippen LogP contribution in [0.1, 0.15) is 24.8 Å². The number of nitrogens with one attached hydrogen (secondary N) is 1. The number of aliphatic hydroxyl groups is 1. The maximum Gasteiger partial charge on any atom is 0.387 e. The molecule has 0 saturated heterocycles. The van der Waals surface area contributed by atoms with Crippen molar-refractivity contribution in [3.8, 4) is 5.75 Å². The highest BCUT2D eigenvalue weighted by Crippen LogP contribution is 2.25. The molecule has 1 saturated carbocycles. The van der Waals surface area contributed by atoms with Gasteiger partial charge in [0.05, 0.1) is 0 Å². The van der Waals surface area contributed by atoms with Gasteiger partial charge in [0.15, 0.2) is 0 Å². The normalized spacial score (nSPS) is 22.9. The summed E-state index contributed by atoms with van der Waals surface area (Å²) in [5.41, 5.74) is 1.02. The van der Waals surface area contributed by atoms with E-state index in [1.165, 1.54) is 0 Å². The Hall–Kier alpha value is -1.20. The summed E-state index contributed by atoms with van der Waals surface area (Å²) < 4.78 is 28.3. The van der Waals surface area contributed by atoms with Gasteiger partial charge in [0, 0.05) is 19.2 Å². The van der Waals surface area contributed by atoms with Gasteiger partial charge >= 0.3 is 6.61 Å². The fraction of sp³-hybridized carbons (Fsp3) is 0.571. The monoisotopic (exact) mass is 271 g/mol. The Morgan fingerprint density at radius 1 is 1.26 bits per heavy atom. The molecule has 1 aliphatic carbocycles. The lowest BCUT2D eigenvalue weighted by Crippen LogP contribution is -2.33. The lowest BCUT2D eigenvalue weighted by Gasteiger charge is -2.19. The zero-order valence-corrected chi connectivity index (χ0v) is 10.7. The molecule has 1 aromatic rings. The van der Waals surface area contributed by atoms with Crippen LogP contribution >= 0.6 is 0 Å². The number of rotatable bonds is 6.